The van der Waals surface area contributed by atoms with Gasteiger partial charge in [-0.25, -0.2) is 0 Å². The molecule has 0 fully saturated rings. The zero-order valence-electron chi connectivity index (χ0n) is 10.0. The van der Waals surface area contributed by atoms with Crippen molar-refractivity contribution in [1.82, 2.24) is 5.32 Å². The highest BCUT2D eigenvalue weighted by Crippen LogP contribution is 2.26. The van der Waals surface area contributed by atoms with Crippen LogP contribution in [0.5, 0.6) is 5.75 Å². The fourth-order valence-electron chi connectivity index (χ4n) is 1.79. The van der Waals surface area contributed by atoms with Crippen LogP contribution >= 0.6 is 0 Å². The molecule has 1 aromatic rings. The molecule has 0 unspecified atom stereocenters. The highest BCUT2D eigenvalue weighted by molar-refractivity contribution is 5.91. The van der Waals surface area contributed by atoms with Crippen LogP contribution in [-0.2, 0) is 11.2 Å². The summed E-state index contributed by atoms with van der Waals surface area (Å²) in [7, 11) is 0. The molecule has 0 radical (unpaired) electrons. The summed E-state index contributed by atoms with van der Waals surface area (Å²) in [5.41, 5.74) is 2.27. The molecule has 1 aliphatic heterocycles. The van der Waals surface area contributed by atoms with E-state index in [0.717, 1.165) is 37.3 Å². The van der Waals surface area contributed by atoms with Gasteiger partial charge in [0.05, 0.1) is 6.61 Å². The number of carbonyl (C=O) groups excluding carboxylic acids is 1. The first-order valence-electron chi connectivity index (χ1n) is 6.01. The summed E-state index contributed by atoms with van der Waals surface area (Å²) in [5.74, 6) is 0.932. The van der Waals surface area contributed by atoms with Crippen LogP contribution in [0.25, 0.3) is 6.08 Å². The van der Waals surface area contributed by atoms with Crippen LogP contribution in [0.1, 0.15) is 24.5 Å². The van der Waals surface area contributed by atoms with E-state index >= 15 is 0 Å². The zero-order valence-corrected chi connectivity index (χ0v) is 10.0. The van der Waals surface area contributed by atoms with E-state index in [0.29, 0.717) is 0 Å². The quantitative estimate of drug-likeness (QED) is 0.806. The topological polar surface area (TPSA) is 38.3 Å². The van der Waals surface area contributed by atoms with Gasteiger partial charge in [-0.15, -0.1) is 0 Å². The molecule has 3 nitrogen and oxygen atoms in total. The SMILES string of the molecule is CCCNC(=O)/C=C\c1ccc2c(c1)CCO2. The van der Waals surface area contributed by atoms with E-state index in [2.05, 4.69) is 11.4 Å². The number of rotatable bonds is 4. The van der Waals surface area contributed by atoms with Crippen molar-refractivity contribution in [3.63, 3.8) is 0 Å². The first-order chi connectivity index (χ1) is 8.29. The second kappa shape index (κ2) is 5.53. The number of amides is 1. The van der Waals surface area contributed by atoms with Crippen LogP contribution in [0.15, 0.2) is 24.3 Å². The Kier molecular flexibility index (Phi) is 3.81. The van der Waals surface area contributed by atoms with Crippen LogP contribution in [0.4, 0.5) is 0 Å². The predicted octanol–water partition coefficient (Wildman–Crippen LogP) is 2.16. The van der Waals surface area contributed by atoms with Gasteiger partial charge in [0, 0.05) is 19.0 Å². The van der Waals surface area contributed by atoms with Gasteiger partial charge in [0.25, 0.3) is 0 Å². The number of nitrogens with one attached hydrogen (secondary N) is 1. The number of benzene rings is 1. The van der Waals surface area contributed by atoms with Crippen LogP contribution < -0.4 is 10.1 Å². The molecule has 0 aliphatic carbocycles. The Labute approximate surface area is 101 Å². The number of ether oxygens (including phenoxy) is 1. The molecule has 3 heteroatoms. The van der Waals surface area contributed by atoms with Crippen molar-refractivity contribution in [2.75, 3.05) is 13.2 Å². The molecular formula is C14H17NO2. The number of hydrogen-bond acceptors (Lipinski definition) is 2. The molecule has 0 saturated carbocycles. The predicted molar refractivity (Wildman–Crippen MR) is 68.0 cm³/mol. The summed E-state index contributed by atoms with van der Waals surface area (Å²) in [6.07, 6.45) is 5.32. The van der Waals surface area contributed by atoms with Crippen molar-refractivity contribution >= 4 is 12.0 Å². The molecule has 1 amide bonds. The van der Waals surface area contributed by atoms with Gasteiger partial charge in [-0.2, -0.15) is 0 Å². The lowest BCUT2D eigenvalue weighted by molar-refractivity contribution is -0.116. The molecule has 1 heterocycles. The first kappa shape index (κ1) is 11.7. The van der Waals surface area contributed by atoms with Crippen LogP contribution in [0, 0.1) is 0 Å². The third-order valence-corrected chi connectivity index (χ3v) is 2.69. The molecule has 1 N–H and O–H groups in total. The normalized spacial score (nSPS) is 13.5. The summed E-state index contributed by atoms with van der Waals surface area (Å²) in [5, 5.41) is 2.80. The van der Waals surface area contributed by atoms with Crippen LogP contribution in [0.3, 0.4) is 0 Å². The second-order valence-corrected chi connectivity index (χ2v) is 4.09. The Morgan fingerprint density at radius 2 is 2.41 bits per heavy atom. The standard InChI is InChI=1S/C14H17NO2/c1-2-8-15-14(16)6-4-11-3-5-13-12(10-11)7-9-17-13/h3-6,10H,2,7-9H2,1H3,(H,15,16)/b6-4-. The fraction of sp³-hybridized carbons (Fsp3) is 0.357. The van der Waals surface area contributed by atoms with Crippen molar-refractivity contribution < 1.29 is 9.53 Å². The Bertz CT molecular complexity index is 438. The molecule has 0 bridgehead atoms. The van der Waals surface area contributed by atoms with Gasteiger partial charge in [-0.1, -0.05) is 13.0 Å². The maximum Gasteiger partial charge on any atom is 0.243 e. The van der Waals surface area contributed by atoms with Crippen LogP contribution in [-0.4, -0.2) is 19.1 Å². The first-order valence-corrected chi connectivity index (χ1v) is 6.01. The molecule has 2 rings (SSSR count). The van der Waals surface area contributed by atoms with Gasteiger partial charge in [0.1, 0.15) is 5.75 Å². The lowest BCUT2D eigenvalue weighted by Crippen LogP contribution is -2.21. The molecule has 0 aromatic heterocycles. The minimum atomic E-state index is -0.0383. The molecule has 17 heavy (non-hydrogen) atoms. The average Bonchev–Trinajstić information content (AvgIpc) is 2.81. The molecular weight excluding hydrogens is 214 g/mol. The Hall–Kier alpha value is -1.77. The molecule has 1 aliphatic rings. The van der Waals surface area contributed by atoms with Gasteiger partial charge in [0.2, 0.25) is 5.91 Å². The van der Waals surface area contributed by atoms with Gasteiger partial charge in [-0.05, 0) is 35.8 Å². The van der Waals surface area contributed by atoms with Gasteiger partial charge >= 0.3 is 0 Å². The lowest BCUT2D eigenvalue weighted by Gasteiger charge is -2.00. The highest BCUT2D eigenvalue weighted by atomic mass is 16.5. The summed E-state index contributed by atoms with van der Waals surface area (Å²) in [4.78, 5) is 11.4. The molecule has 0 atom stereocenters. The number of hydrogen-bond donors (Lipinski definition) is 1. The van der Waals surface area contributed by atoms with E-state index in [1.54, 1.807) is 6.08 Å². The highest BCUT2D eigenvalue weighted by Gasteiger charge is 2.10. The van der Waals surface area contributed by atoms with E-state index in [1.165, 1.54) is 5.56 Å². The molecule has 90 valence electrons. The van der Waals surface area contributed by atoms with E-state index in [1.807, 2.05) is 25.1 Å². The summed E-state index contributed by atoms with van der Waals surface area (Å²) in [6, 6.07) is 6.01. The fourth-order valence-corrected chi connectivity index (χ4v) is 1.79. The third kappa shape index (κ3) is 3.09. The largest absolute Gasteiger partial charge is 0.493 e. The number of carbonyl (C=O) groups is 1. The smallest absolute Gasteiger partial charge is 0.243 e. The number of fused-ring (bicyclic) bond motifs is 1. The Balaban J connectivity index is 1.99. The summed E-state index contributed by atoms with van der Waals surface area (Å²) >= 11 is 0. The van der Waals surface area contributed by atoms with Crippen molar-refractivity contribution in [3.8, 4) is 5.75 Å². The Morgan fingerprint density at radius 1 is 1.53 bits per heavy atom. The van der Waals surface area contributed by atoms with Crippen molar-refractivity contribution in [3.05, 3.63) is 35.4 Å². The van der Waals surface area contributed by atoms with Crippen molar-refractivity contribution in [1.29, 1.82) is 0 Å². The summed E-state index contributed by atoms with van der Waals surface area (Å²) < 4.78 is 5.43. The average molecular weight is 231 g/mol. The van der Waals surface area contributed by atoms with Crippen molar-refractivity contribution in [2.45, 2.75) is 19.8 Å². The van der Waals surface area contributed by atoms with Gasteiger partial charge in [0.15, 0.2) is 0 Å². The maximum atomic E-state index is 11.4. The molecule has 1 aromatic carbocycles. The minimum absolute atomic E-state index is 0.0383. The third-order valence-electron chi connectivity index (χ3n) is 2.69. The lowest BCUT2D eigenvalue weighted by atomic mass is 10.1. The zero-order chi connectivity index (χ0) is 12.1. The van der Waals surface area contributed by atoms with Crippen LogP contribution in [0.2, 0.25) is 0 Å². The summed E-state index contributed by atoms with van der Waals surface area (Å²) in [6.45, 7) is 3.52. The van der Waals surface area contributed by atoms with E-state index in [-0.39, 0.29) is 5.91 Å². The van der Waals surface area contributed by atoms with E-state index in [4.69, 9.17) is 4.74 Å². The maximum absolute atomic E-state index is 11.4. The van der Waals surface area contributed by atoms with E-state index in [9.17, 15) is 4.79 Å². The second-order valence-electron chi connectivity index (χ2n) is 4.09. The van der Waals surface area contributed by atoms with E-state index < -0.39 is 0 Å². The van der Waals surface area contributed by atoms with Gasteiger partial charge in [-0.3, -0.25) is 4.79 Å². The Morgan fingerprint density at radius 3 is 3.24 bits per heavy atom. The van der Waals surface area contributed by atoms with Crippen molar-refractivity contribution in [2.24, 2.45) is 0 Å². The molecule has 0 spiro atoms. The minimum Gasteiger partial charge on any atom is -0.493 e. The molecule has 0 saturated heterocycles. The monoisotopic (exact) mass is 231 g/mol. The van der Waals surface area contributed by atoms with Gasteiger partial charge < -0.3 is 10.1 Å².